The van der Waals surface area contributed by atoms with Crippen LogP contribution in [0.2, 0.25) is 0 Å². The van der Waals surface area contributed by atoms with Crippen molar-refractivity contribution in [3.05, 3.63) is 72.1 Å². The van der Waals surface area contributed by atoms with Gasteiger partial charge in [0, 0.05) is 18.7 Å². The summed E-state index contributed by atoms with van der Waals surface area (Å²) in [5, 5.41) is 4.15. The molecule has 1 aliphatic rings. The van der Waals surface area contributed by atoms with Gasteiger partial charge in [-0.3, -0.25) is 4.90 Å². The van der Waals surface area contributed by atoms with Crippen molar-refractivity contribution in [3.8, 4) is 11.4 Å². The summed E-state index contributed by atoms with van der Waals surface area (Å²) in [6.07, 6.45) is 4.04. The second-order valence-corrected chi connectivity index (χ2v) is 6.83. The highest BCUT2D eigenvalue weighted by Crippen LogP contribution is 2.28. The number of aromatic nitrogens is 2. The molecule has 4 heteroatoms. The van der Waals surface area contributed by atoms with E-state index in [0.717, 1.165) is 24.6 Å². The van der Waals surface area contributed by atoms with Gasteiger partial charge in [0.25, 0.3) is 0 Å². The summed E-state index contributed by atoms with van der Waals surface area (Å²) in [6.45, 7) is 2.71. The summed E-state index contributed by atoms with van der Waals surface area (Å²) in [5.41, 5.74) is 2.32. The van der Waals surface area contributed by atoms with Crippen LogP contribution in [-0.4, -0.2) is 21.6 Å². The molecule has 128 valence electrons. The summed E-state index contributed by atoms with van der Waals surface area (Å²) >= 11 is 0. The molecule has 1 saturated carbocycles. The molecule has 1 fully saturated rings. The molecule has 0 aliphatic heterocycles. The first-order chi connectivity index (χ1) is 12.4. The Morgan fingerprint density at radius 3 is 2.32 bits per heavy atom. The summed E-state index contributed by atoms with van der Waals surface area (Å²) < 4.78 is 5.52. The minimum atomic E-state index is 0.666. The minimum absolute atomic E-state index is 0.666. The zero-order valence-electron chi connectivity index (χ0n) is 14.3. The van der Waals surface area contributed by atoms with Gasteiger partial charge in [0.1, 0.15) is 0 Å². The Labute approximate surface area is 148 Å². The maximum atomic E-state index is 5.52. The largest absolute Gasteiger partial charge is 0.338 e. The lowest BCUT2D eigenvalue weighted by Crippen LogP contribution is -2.32. The van der Waals surface area contributed by atoms with E-state index in [1.54, 1.807) is 0 Å². The lowest BCUT2D eigenvalue weighted by molar-refractivity contribution is 0.149. The minimum Gasteiger partial charge on any atom is -0.338 e. The van der Waals surface area contributed by atoms with E-state index in [1.165, 1.54) is 24.8 Å². The van der Waals surface area contributed by atoms with Crippen molar-refractivity contribution >= 4 is 0 Å². The molecule has 1 aromatic heterocycles. The van der Waals surface area contributed by atoms with Crippen molar-refractivity contribution in [1.29, 1.82) is 0 Å². The van der Waals surface area contributed by atoms with Crippen LogP contribution in [0.3, 0.4) is 0 Å². The third kappa shape index (κ3) is 4.15. The van der Waals surface area contributed by atoms with Crippen molar-refractivity contribution in [2.45, 2.75) is 32.4 Å². The molecule has 25 heavy (non-hydrogen) atoms. The first-order valence-electron chi connectivity index (χ1n) is 9.01. The normalized spacial score (nSPS) is 14.6. The zero-order chi connectivity index (χ0) is 16.9. The topological polar surface area (TPSA) is 42.2 Å². The maximum Gasteiger partial charge on any atom is 0.241 e. The quantitative estimate of drug-likeness (QED) is 0.636. The molecule has 3 aromatic rings. The molecule has 0 radical (unpaired) electrons. The Kier molecular flexibility index (Phi) is 4.89. The molecular weight excluding hydrogens is 310 g/mol. The standard InChI is InChI=1S/C21H23N3O/c1-3-8-17(9-4-1)14-24(15-18-10-7-11-18)16-20-22-21(23-25-20)19-12-5-2-6-13-19/h1-6,8-9,12-13,18H,7,10-11,14-16H2. The highest BCUT2D eigenvalue weighted by atomic mass is 16.5. The fraction of sp³-hybridized carbons (Fsp3) is 0.333. The summed E-state index contributed by atoms with van der Waals surface area (Å²) in [5.74, 6) is 2.16. The molecule has 0 amide bonds. The van der Waals surface area contributed by atoms with E-state index in [2.05, 4.69) is 45.4 Å². The predicted octanol–water partition coefficient (Wildman–Crippen LogP) is 4.54. The van der Waals surface area contributed by atoms with Gasteiger partial charge in [-0.1, -0.05) is 72.2 Å². The van der Waals surface area contributed by atoms with Gasteiger partial charge in [-0.05, 0) is 24.3 Å². The Bertz CT molecular complexity index is 781. The van der Waals surface area contributed by atoms with Gasteiger partial charge < -0.3 is 4.52 Å². The monoisotopic (exact) mass is 333 g/mol. The van der Waals surface area contributed by atoms with Crippen LogP contribution in [0.1, 0.15) is 30.7 Å². The van der Waals surface area contributed by atoms with Crippen LogP contribution in [0, 0.1) is 5.92 Å². The van der Waals surface area contributed by atoms with Crippen molar-refractivity contribution in [2.75, 3.05) is 6.54 Å². The molecule has 1 heterocycles. The molecule has 0 N–H and O–H groups in total. The second-order valence-electron chi connectivity index (χ2n) is 6.83. The Morgan fingerprint density at radius 1 is 0.920 bits per heavy atom. The van der Waals surface area contributed by atoms with Crippen molar-refractivity contribution in [2.24, 2.45) is 5.92 Å². The maximum absolute atomic E-state index is 5.52. The second kappa shape index (κ2) is 7.62. The highest BCUT2D eigenvalue weighted by molar-refractivity contribution is 5.53. The number of rotatable bonds is 7. The fourth-order valence-electron chi connectivity index (χ4n) is 3.28. The third-order valence-corrected chi connectivity index (χ3v) is 4.85. The zero-order valence-corrected chi connectivity index (χ0v) is 14.3. The number of hydrogen-bond donors (Lipinski definition) is 0. The van der Waals surface area contributed by atoms with Gasteiger partial charge in [-0.15, -0.1) is 0 Å². The average molecular weight is 333 g/mol. The van der Waals surface area contributed by atoms with Gasteiger partial charge in [0.05, 0.1) is 6.54 Å². The molecule has 4 nitrogen and oxygen atoms in total. The van der Waals surface area contributed by atoms with Crippen molar-refractivity contribution in [3.63, 3.8) is 0 Å². The van der Waals surface area contributed by atoms with Gasteiger partial charge in [-0.2, -0.15) is 4.98 Å². The molecule has 1 aliphatic carbocycles. The Balaban J connectivity index is 1.47. The lowest BCUT2D eigenvalue weighted by Gasteiger charge is -2.31. The average Bonchev–Trinajstić information content (AvgIpc) is 3.08. The molecule has 0 unspecified atom stereocenters. The first-order valence-corrected chi connectivity index (χ1v) is 9.01. The van der Waals surface area contributed by atoms with Gasteiger partial charge >= 0.3 is 0 Å². The molecule has 4 rings (SSSR count). The Morgan fingerprint density at radius 2 is 1.64 bits per heavy atom. The SMILES string of the molecule is c1ccc(CN(Cc2nc(-c3ccccc3)no2)CC2CCC2)cc1. The molecule has 0 atom stereocenters. The van der Waals surface area contributed by atoms with Crippen molar-refractivity contribution < 1.29 is 4.52 Å². The van der Waals surface area contributed by atoms with E-state index in [4.69, 9.17) is 4.52 Å². The molecule has 0 spiro atoms. The number of benzene rings is 2. The van der Waals surface area contributed by atoms with Crippen molar-refractivity contribution in [1.82, 2.24) is 15.0 Å². The summed E-state index contributed by atoms with van der Waals surface area (Å²) in [7, 11) is 0. The van der Waals surface area contributed by atoms with E-state index in [0.29, 0.717) is 18.3 Å². The van der Waals surface area contributed by atoms with Crippen LogP contribution in [0.25, 0.3) is 11.4 Å². The van der Waals surface area contributed by atoms with Crippen LogP contribution >= 0.6 is 0 Å². The van der Waals surface area contributed by atoms with Gasteiger partial charge in [0.2, 0.25) is 11.7 Å². The summed E-state index contributed by atoms with van der Waals surface area (Å²) in [4.78, 5) is 7.03. The summed E-state index contributed by atoms with van der Waals surface area (Å²) in [6, 6.07) is 20.6. The molecular formula is C21H23N3O. The third-order valence-electron chi connectivity index (χ3n) is 4.85. The molecule has 2 aromatic carbocycles. The van der Waals surface area contributed by atoms with Crippen LogP contribution < -0.4 is 0 Å². The van der Waals surface area contributed by atoms with Gasteiger partial charge in [-0.25, -0.2) is 0 Å². The van der Waals surface area contributed by atoms with E-state index in [-0.39, 0.29) is 0 Å². The fourth-order valence-corrected chi connectivity index (χ4v) is 3.28. The number of hydrogen-bond acceptors (Lipinski definition) is 4. The van der Waals surface area contributed by atoms with E-state index in [1.807, 2.05) is 30.3 Å². The van der Waals surface area contributed by atoms with E-state index >= 15 is 0 Å². The predicted molar refractivity (Wildman–Crippen MR) is 97.6 cm³/mol. The lowest BCUT2D eigenvalue weighted by atomic mass is 9.85. The molecule has 0 bridgehead atoms. The highest BCUT2D eigenvalue weighted by Gasteiger charge is 2.22. The van der Waals surface area contributed by atoms with Gasteiger partial charge in [0.15, 0.2) is 0 Å². The van der Waals surface area contributed by atoms with Crippen LogP contribution in [-0.2, 0) is 13.1 Å². The number of nitrogens with zero attached hydrogens (tertiary/aromatic N) is 3. The van der Waals surface area contributed by atoms with Crippen LogP contribution in [0.5, 0.6) is 0 Å². The smallest absolute Gasteiger partial charge is 0.241 e. The molecule has 0 saturated heterocycles. The first kappa shape index (κ1) is 16.0. The Hall–Kier alpha value is -2.46. The van der Waals surface area contributed by atoms with E-state index in [9.17, 15) is 0 Å². The van der Waals surface area contributed by atoms with E-state index < -0.39 is 0 Å². The van der Waals surface area contributed by atoms with Crippen LogP contribution in [0.15, 0.2) is 65.2 Å². The van der Waals surface area contributed by atoms with Crippen LogP contribution in [0.4, 0.5) is 0 Å².